The van der Waals surface area contributed by atoms with Crippen LogP contribution in [0.3, 0.4) is 0 Å². The van der Waals surface area contributed by atoms with Crippen molar-refractivity contribution in [3.05, 3.63) is 70.8 Å². The Morgan fingerprint density at radius 2 is 1.69 bits per heavy atom. The second-order valence-electron chi connectivity index (χ2n) is 8.26. The van der Waals surface area contributed by atoms with Crippen molar-refractivity contribution < 1.29 is 19.4 Å². The van der Waals surface area contributed by atoms with E-state index >= 15 is 0 Å². The molecule has 1 saturated heterocycles. The van der Waals surface area contributed by atoms with Crippen molar-refractivity contribution in [1.29, 1.82) is 0 Å². The Morgan fingerprint density at radius 3 is 2.25 bits per heavy atom. The van der Waals surface area contributed by atoms with Crippen LogP contribution in [0.25, 0.3) is 5.76 Å². The lowest BCUT2D eigenvalue weighted by atomic mass is 9.94. The summed E-state index contributed by atoms with van der Waals surface area (Å²) in [5.41, 5.74) is 2.58. The fraction of sp³-hybridized carbons (Fsp3) is 0.385. The van der Waals surface area contributed by atoms with E-state index in [0.29, 0.717) is 31.0 Å². The van der Waals surface area contributed by atoms with Crippen molar-refractivity contribution in [3.8, 4) is 5.75 Å². The number of likely N-dealkylation sites (N-methyl/N-ethyl adjacent to an activating group) is 1. The van der Waals surface area contributed by atoms with Gasteiger partial charge >= 0.3 is 0 Å². The summed E-state index contributed by atoms with van der Waals surface area (Å²) in [4.78, 5) is 29.5. The lowest BCUT2D eigenvalue weighted by Gasteiger charge is -2.26. The Hall–Kier alpha value is -3.12. The van der Waals surface area contributed by atoms with Crippen LogP contribution in [0.5, 0.6) is 5.75 Å². The molecular weight excluding hydrogens is 404 g/mol. The maximum atomic E-state index is 13.0. The molecule has 2 aromatic rings. The zero-order valence-electron chi connectivity index (χ0n) is 19.3. The smallest absolute Gasteiger partial charge is 0.295 e. The molecule has 0 spiro atoms. The highest BCUT2D eigenvalue weighted by Crippen LogP contribution is 2.39. The molecule has 0 bridgehead atoms. The molecule has 1 aliphatic heterocycles. The van der Waals surface area contributed by atoms with E-state index in [1.54, 1.807) is 29.2 Å². The molecule has 1 N–H and O–H groups in total. The molecule has 0 aromatic heterocycles. The first-order chi connectivity index (χ1) is 15.4. The summed E-state index contributed by atoms with van der Waals surface area (Å²) in [6.07, 6.45) is 1.79. The minimum absolute atomic E-state index is 0.125. The molecule has 2 aromatic carbocycles. The molecular formula is C26H32N2O4. The number of hydrogen-bond donors (Lipinski definition) is 1. The summed E-state index contributed by atoms with van der Waals surface area (Å²) in [5, 5.41) is 11.1. The molecule has 0 saturated carbocycles. The van der Waals surface area contributed by atoms with Crippen LogP contribution in [-0.2, 0) is 16.0 Å². The maximum absolute atomic E-state index is 13.0. The molecule has 1 aliphatic rings. The largest absolute Gasteiger partial charge is 0.507 e. The van der Waals surface area contributed by atoms with Gasteiger partial charge in [-0.3, -0.25) is 9.59 Å². The van der Waals surface area contributed by atoms with Gasteiger partial charge in [0.15, 0.2) is 0 Å². The van der Waals surface area contributed by atoms with Gasteiger partial charge < -0.3 is 19.6 Å². The predicted molar refractivity (Wildman–Crippen MR) is 126 cm³/mol. The topological polar surface area (TPSA) is 70.1 Å². The summed E-state index contributed by atoms with van der Waals surface area (Å²) in [7, 11) is 3.84. The average Bonchev–Trinajstić information content (AvgIpc) is 3.06. The number of likely N-dealkylation sites (tertiary alicyclic amines) is 1. The summed E-state index contributed by atoms with van der Waals surface area (Å²) < 4.78 is 5.61. The van der Waals surface area contributed by atoms with E-state index in [4.69, 9.17) is 4.74 Å². The van der Waals surface area contributed by atoms with Crippen molar-refractivity contribution in [1.82, 2.24) is 9.80 Å². The molecule has 0 radical (unpaired) electrons. The number of aliphatic hydroxyl groups is 1. The molecule has 1 heterocycles. The number of amides is 1. The molecule has 1 fully saturated rings. The van der Waals surface area contributed by atoms with Crippen LogP contribution in [0.15, 0.2) is 54.1 Å². The summed E-state index contributed by atoms with van der Waals surface area (Å²) in [5.74, 6) is -0.707. The first kappa shape index (κ1) is 23.5. The number of aryl methyl sites for hydroxylation is 1. The third kappa shape index (κ3) is 5.02. The van der Waals surface area contributed by atoms with Crippen molar-refractivity contribution in [2.75, 3.05) is 33.8 Å². The monoisotopic (exact) mass is 436 g/mol. The summed E-state index contributed by atoms with van der Waals surface area (Å²) in [6, 6.07) is 14.2. The van der Waals surface area contributed by atoms with E-state index < -0.39 is 17.7 Å². The van der Waals surface area contributed by atoms with E-state index in [-0.39, 0.29) is 11.3 Å². The first-order valence-electron chi connectivity index (χ1n) is 11.1. The fourth-order valence-corrected chi connectivity index (χ4v) is 3.79. The van der Waals surface area contributed by atoms with Crippen molar-refractivity contribution >= 4 is 17.4 Å². The quantitative estimate of drug-likeness (QED) is 0.365. The third-order valence-corrected chi connectivity index (χ3v) is 5.63. The van der Waals surface area contributed by atoms with Gasteiger partial charge in [-0.05, 0) is 62.3 Å². The van der Waals surface area contributed by atoms with Gasteiger partial charge in [-0.25, -0.2) is 0 Å². The minimum atomic E-state index is -0.655. The average molecular weight is 437 g/mol. The summed E-state index contributed by atoms with van der Waals surface area (Å²) in [6.45, 7) is 5.71. The summed E-state index contributed by atoms with van der Waals surface area (Å²) >= 11 is 0. The second-order valence-corrected chi connectivity index (χ2v) is 8.26. The molecule has 0 aliphatic carbocycles. The number of ketones is 1. The number of carbonyl (C=O) groups is 2. The van der Waals surface area contributed by atoms with E-state index in [9.17, 15) is 14.7 Å². The van der Waals surface area contributed by atoms with Gasteiger partial charge in [-0.2, -0.15) is 0 Å². The molecule has 1 atom stereocenters. The number of Topliss-reactive ketones (excluding diaryl/α,β-unsaturated/α-hetero) is 1. The van der Waals surface area contributed by atoms with Gasteiger partial charge in [0.1, 0.15) is 11.5 Å². The SMILES string of the molecule is CCCOc1ccc(/C(O)=C2/C(=O)C(=O)N(CCN(C)C)C2c2ccc(CC)cc2)cc1. The van der Waals surface area contributed by atoms with Gasteiger partial charge in [-0.15, -0.1) is 0 Å². The van der Waals surface area contributed by atoms with Gasteiger partial charge in [-0.1, -0.05) is 38.1 Å². The lowest BCUT2D eigenvalue weighted by molar-refractivity contribution is -0.140. The molecule has 1 amide bonds. The number of nitrogens with zero attached hydrogens (tertiary/aromatic N) is 2. The van der Waals surface area contributed by atoms with Crippen LogP contribution < -0.4 is 4.74 Å². The Kier molecular flexibility index (Phi) is 7.70. The Bertz CT molecular complexity index is 978. The lowest BCUT2D eigenvalue weighted by Crippen LogP contribution is -2.35. The van der Waals surface area contributed by atoms with Gasteiger partial charge in [0.25, 0.3) is 11.7 Å². The number of aliphatic hydroxyl groups excluding tert-OH is 1. The fourth-order valence-electron chi connectivity index (χ4n) is 3.79. The van der Waals surface area contributed by atoms with Crippen LogP contribution in [0, 0.1) is 0 Å². The molecule has 32 heavy (non-hydrogen) atoms. The number of benzene rings is 2. The molecule has 6 heteroatoms. The number of carbonyl (C=O) groups excluding carboxylic acids is 2. The maximum Gasteiger partial charge on any atom is 0.295 e. The van der Waals surface area contributed by atoms with Crippen LogP contribution >= 0.6 is 0 Å². The van der Waals surface area contributed by atoms with Crippen LogP contribution in [-0.4, -0.2) is 60.4 Å². The standard InChI is InChI=1S/C26H32N2O4/c1-5-17-32-21-13-11-20(12-14-21)24(29)22-23(19-9-7-18(6-2)8-10-19)28(16-15-27(3)4)26(31)25(22)30/h7-14,23,29H,5-6,15-17H2,1-4H3/b24-22-. The normalized spacial score (nSPS) is 17.9. The van der Waals surface area contributed by atoms with E-state index in [1.165, 1.54) is 5.56 Å². The third-order valence-electron chi connectivity index (χ3n) is 5.63. The number of ether oxygens (including phenoxy) is 1. The zero-order valence-corrected chi connectivity index (χ0v) is 19.3. The van der Waals surface area contributed by atoms with Crippen LogP contribution in [0.4, 0.5) is 0 Å². The molecule has 3 rings (SSSR count). The highest BCUT2D eigenvalue weighted by Gasteiger charge is 2.45. The predicted octanol–water partition coefficient (Wildman–Crippen LogP) is 4.02. The van der Waals surface area contributed by atoms with Gasteiger partial charge in [0.2, 0.25) is 0 Å². The Morgan fingerprint density at radius 1 is 1.03 bits per heavy atom. The minimum Gasteiger partial charge on any atom is -0.507 e. The highest BCUT2D eigenvalue weighted by molar-refractivity contribution is 6.46. The van der Waals surface area contributed by atoms with Crippen LogP contribution in [0.1, 0.15) is 43.0 Å². The van der Waals surface area contributed by atoms with Gasteiger partial charge in [0, 0.05) is 18.7 Å². The first-order valence-corrected chi connectivity index (χ1v) is 11.1. The van der Waals surface area contributed by atoms with Crippen molar-refractivity contribution in [3.63, 3.8) is 0 Å². The molecule has 1 unspecified atom stereocenters. The zero-order chi connectivity index (χ0) is 23.3. The number of rotatable bonds is 9. The Balaban J connectivity index is 2.04. The number of hydrogen-bond acceptors (Lipinski definition) is 5. The molecule has 170 valence electrons. The van der Waals surface area contributed by atoms with Crippen LogP contribution in [0.2, 0.25) is 0 Å². The molecule has 6 nitrogen and oxygen atoms in total. The second kappa shape index (κ2) is 10.5. The van der Waals surface area contributed by atoms with E-state index in [1.807, 2.05) is 50.2 Å². The Labute approximate surface area is 190 Å². The highest BCUT2D eigenvalue weighted by atomic mass is 16.5. The van der Waals surface area contributed by atoms with Crippen molar-refractivity contribution in [2.45, 2.75) is 32.7 Å². The van der Waals surface area contributed by atoms with Gasteiger partial charge in [0.05, 0.1) is 18.2 Å². The van der Waals surface area contributed by atoms with E-state index in [0.717, 1.165) is 18.4 Å². The van der Waals surface area contributed by atoms with Crippen molar-refractivity contribution in [2.24, 2.45) is 0 Å². The van der Waals surface area contributed by atoms with E-state index in [2.05, 4.69) is 6.92 Å².